The summed E-state index contributed by atoms with van der Waals surface area (Å²) < 4.78 is 20.0. The molecule has 3 amide bonds. The van der Waals surface area contributed by atoms with Crippen LogP contribution in [0.25, 0.3) is 0 Å². The molecule has 338 valence electrons. The molecule has 2 aliphatic heterocycles. The van der Waals surface area contributed by atoms with Crippen LogP contribution in [0.2, 0.25) is 0 Å². The lowest BCUT2D eigenvalue weighted by Crippen LogP contribution is -2.60. The summed E-state index contributed by atoms with van der Waals surface area (Å²) in [6.45, 7) is 17.9. The lowest BCUT2D eigenvalue weighted by molar-refractivity contribution is -0.151. The average molecular weight is 861 g/mol. The van der Waals surface area contributed by atoms with Gasteiger partial charge >= 0.3 is 11.9 Å². The van der Waals surface area contributed by atoms with Crippen LogP contribution >= 0.6 is 11.8 Å². The minimum Gasteiger partial charge on any atom is -0.481 e. The van der Waals surface area contributed by atoms with Crippen molar-refractivity contribution in [3.05, 3.63) is 40.7 Å². The molecule has 6 N–H and O–H groups in total. The van der Waals surface area contributed by atoms with E-state index in [1.165, 1.54) is 30.8 Å². The van der Waals surface area contributed by atoms with E-state index in [0.29, 0.717) is 18.5 Å². The summed E-state index contributed by atoms with van der Waals surface area (Å²) in [5, 5.41) is 21.1. The Morgan fingerprint density at radius 3 is 2.40 bits per heavy atom. The van der Waals surface area contributed by atoms with E-state index in [2.05, 4.69) is 27.8 Å². The molecule has 2 aliphatic rings. The fourth-order valence-corrected chi connectivity index (χ4v) is 9.14. The van der Waals surface area contributed by atoms with Crippen molar-refractivity contribution in [2.24, 2.45) is 17.3 Å². The molecular formula is C45H73FN6O7S. The Morgan fingerprint density at radius 2 is 1.82 bits per heavy atom. The fraction of sp³-hybridized carbons (Fsp3) is 0.711. The predicted molar refractivity (Wildman–Crippen MR) is 236 cm³/mol. The Bertz CT molecular complexity index is 1680. The Morgan fingerprint density at radius 1 is 1.12 bits per heavy atom. The number of carbonyl (C=O) groups excluding carboxylic acids is 4. The van der Waals surface area contributed by atoms with Gasteiger partial charge in [0, 0.05) is 37.4 Å². The number of rotatable bonds is 23. The summed E-state index contributed by atoms with van der Waals surface area (Å²) in [7, 11) is 1.95. The van der Waals surface area contributed by atoms with Gasteiger partial charge in [-0.25, -0.2) is 4.39 Å². The third kappa shape index (κ3) is 14.1. The molecule has 0 radical (unpaired) electrons. The van der Waals surface area contributed by atoms with Crippen LogP contribution in [-0.2, 0) is 35.1 Å². The molecule has 2 heterocycles. The maximum atomic E-state index is 15.0. The zero-order valence-corrected chi connectivity index (χ0v) is 38.5. The number of nitrogens with one attached hydrogen (secondary N) is 3. The molecule has 1 saturated heterocycles. The van der Waals surface area contributed by atoms with E-state index in [1.54, 1.807) is 25.3 Å². The van der Waals surface area contributed by atoms with Crippen molar-refractivity contribution in [3.63, 3.8) is 0 Å². The Labute approximate surface area is 361 Å². The minimum atomic E-state index is -1.20. The molecule has 1 aromatic rings. The number of carbonyl (C=O) groups is 5. The molecule has 0 aliphatic carbocycles. The number of ether oxygens (including phenoxy) is 1. The Kier molecular flexibility index (Phi) is 19.2. The highest BCUT2D eigenvalue weighted by molar-refractivity contribution is 8.03. The number of amides is 3. The van der Waals surface area contributed by atoms with Gasteiger partial charge in [-0.3, -0.25) is 28.9 Å². The molecule has 7 atom stereocenters. The van der Waals surface area contributed by atoms with Gasteiger partial charge in [0.2, 0.25) is 11.8 Å². The molecule has 0 saturated carbocycles. The summed E-state index contributed by atoms with van der Waals surface area (Å²) in [6, 6.07) is 2.18. The number of nitrogens with zero attached hydrogens (tertiary/aromatic N) is 2. The van der Waals surface area contributed by atoms with Crippen molar-refractivity contribution in [1.82, 2.24) is 25.8 Å². The molecule has 15 heteroatoms. The van der Waals surface area contributed by atoms with Gasteiger partial charge in [0.25, 0.3) is 5.91 Å². The summed E-state index contributed by atoms with van der Waals surface area (Å²) in [5.41, 5.74) is 5.42. The van der Waals surface area contributed by atoms with Crippen molar-refractivity contribution in [1.29, 1.82) is 0 Å². The summed E-state index contributed by atoms with van der Waals surface area (Å²) >= 11 is 1.29. The number of nitrogens with two attached hydrogens (primary N) is 1. The number of esters is 1. The number of likely N-dealkylation sites (tertiary alicyclic amines) is 1. The lowest BCUT2D eigenvalue weighted by atomic mass is 9.84. The number of aliphatic carboxylic acids is 1. The second-order valence-electron chi connectivity index (χ2n) is 18.1. The molecule has 60 heavy (non-hydrogen) atoms. The zero-order chi connectivity index (χ0) is 44.9. The summed E-state index contributed by atoms with van der Waals surface area (Å²) in [5.74, 6) is -3.09. The SMILES string of the molecule is CCCCCCN(C(=O)[C@@H](NC(=O)[C@H]1CCCCN1C)[C@@H](C)CC)[C@H](C[C@@H](OC(C)=O)C1(C)NC(C(=O)NC(Cc2ccc(F)c(N)c2)CC(C)(C)C(=O)O)=CS1)C(C)C. The first-order valence-corrected chi connectivity index (χ1v) is 22.7. The first-order chi connectivity index (χ1) is 28.1. The maximum Gasteiger partial charge on any atom is 0.309 e. The standard InChI is InChI=1S/C45H73FN6O7S/c1-11-13-14-16-22-52(42(56)39(29(5)12-2)49-41(55)36-18-15-17-21-51(36)10)37(28(3)4)25-38(59-30(6)53)45(9)50-35(27-60-45)40(54)48-32(26-44(7,8)43(57)58)23-31-19-20-33(46)34(47)24-31/h19-20,24,27-29,32,36-39,50H,11-18,21-23,25-26,47H2,1-10H3,(H,48,54)(H,49,55)(H,57,58)/t29-,32?,36+,37+,38+,39-,45?/m0/s1. The van der Waals surface area contributed by atoms with Crippen molar-refractivity contribution >= 4 is 47.1 Å². The van der Waals surface area contributed by atoms with Crippen LogP contribution in [0.5, 0.6) is 0 Å². The molecule has 1 aromatic carbocycles. The van der Waals surface area contributed by atoms with Crippen LogP contribution in [0.1, 0.15) is 132 Å². The molecule has 2 unspecified atom stereocenters. The quantitative estimate of drug-likeness (QED) is 0.0454. The maximum absolute atomic E-state index is 15.0. The van der Waals surface area contributed by atoms with E-state index in [0.717, 1.165) is 51.5 Å². The number of carboxylic acid groups (broad SMARTS) is 1. The Balaban J connectivity index is 1.92. The summed E-state index contributed by atoms with van der Waals surface area (Å²) in [6.07, 6.45) is 6.89. The second-order valence-corrected chi connectivity index (χ2v) is 19.4. The number of piperidine rings is 1. The normalized spacial score (nSPS) is 20.9. The first-order valence-electron chi connectivity index (χ1n) is 21.9. The van der Waals surface area contributed by atoms with Crippen molar-refractivity contribution in [3.8, 4) is 0 Å². The van der Waals surface area contributed by atoms with Gasteiger partial charge < -0.3 is 36.4 Å². The van der Waals surface area contributed by atoms with E-state index in [1.807, 2.05) is 46.6 Å². The highest BCUT2D eigenvalue weighted by Crippen LogP contribution is 2.39. The van der Waals surface area contributed by atoms with Gasteiger partial charge in [-0.2, -0.15) is 0 Å². The summed E-state index contributed by atoms with van der Waals surface area (Å²) in [4.78, 5) is 70.5. The topological polar surface area (TPSA) is 183 Å². The number of hydrogen-bond donors (Lipinski definition) is 5. The predicted octanol–water partition coefficient (Wildman–Crippen LogP) is 6.60. The fourth-order valence-electron chi connectivity index (χ4n) is 8.15. The molecule has 3 rings (SSSR count). The van der Waals surface area contributed by atoms with Crippen LogP contribution in [0.15, 0.2) is 29.3 Å². The number of halogens is 1. The van der Waals surface area contributed by atoms with Crippen molar-refractivity contribution in [2.45, 2.75) is 168 Å². The van der Waals surface area contributed by atoms with Gasteiger partial charge in [-0.1, -0.05) is 84.6 Å². The van der Waals surface area contributed by atoms with Crippen molar-refractivity contribution in [2.75, 3.05) is 25.9 Å². The highest BCUT2D eigenvalue weighted by Gasteiger charge is 2.46. The van der Waals surface area contributed by atoms with E-state index >= 15 is 0 Å². The number of anilines is 1. The number of unbranched alkanes of at least 4 members (excludes halogenated alkanes) is 3. The highest BCUT2D eigenvalue weighted by atomic mass is 32.2. The average Bonchev–Trinajstić information content (AvgIpc) is 3.59. The van der Waals surface area contributed by atoms with Crippen LogP contribution in [-0.4, -0.2) is 99.8 Å². The number of hydrogen-bond acceptors (Lipinski definition) is 10. The van der Waals surface area contributed by atoms with Gasteiger partial charge in [0.05, 0.1) is 17.1 Å². The lowest BCUT2D eigenvalue weighted by Gasteiger charge is -2.42. The number of nitrogen functional groups attached to an aromatic ring is 1. The zero-order valence-electron chi connectivity index (χ0n) is 37.7. The third-order valence-electron chi connectivity index (χ3n) is 12.2. The minimum absolute atomic E-state index is 0.0488. The van der Waals surface area contributed by atoms with Gasteiger partial charge in [0.1, 0.15) is 28.5 Å². The molecule has 0 aromatic heterocycles. The van der Waals surface area contributed by atoms with E-state index in [9.17, 15) is 33.5 Å². The van der Waals surface area contributed by atoms with Gasteiger partial charge in [0.15, 0.2) is 0 Å². The van der Waals surface area contributed by atoms with Crippen LogP contribution in [0.4, 0.5) is 10.1 Å². The Hall–Kier alpha value is -3.85. The second kappa shape index (κ2) is 22.8. The molecule has 0 spiro atoms. The van der Waals surface area contributed by atoms with Crippen molar-refractivity contribution < 1.29 is 38.2 Å². The van der Waals surface area contributed by atoms with E-state index in [-0.39, 0.29) is 60.3 Å². The number of likely N-dealkylation sites (N-methyl/N-ethyl adjacent to an activating group) is 1. The number of benzene rings is 1. The number of thioether (sulfide) groups is 1. The first kappa shape index (κ1) is 50.5. The smallest absolute Gasteiger partial charge is 0.309 e. The van der Waals surface area contributed by atoms with Crippen LogP contribution < -0.4 is 21.7 Å². The monoisotopic (exact) mass is 861 g/mol. The van der Waals surface area contributed by atoms with E-state index < -0.39 is 58.2 Å². The third-order valence-corrected chi connectivity index (χ3v) is 13.4. The van der Waals surface area contributed by atoms with Gasteiger partial charge in [-0.15, -0.1) is 0 Å². The largest absolute Gasteiger partial charge is 0.481 e. The molecule has 1 fully saturated rings. The van der Waals surface area contributed by atoms with E-state index in [4.69, 9.17) is 10.5 Å². The molecule has 0 bridgehead atoms. The van der Waals surface area contributed by atoms with Crippen LogP contribution in [0.3, 0.4) is 0 Å². The molecular weight excluding hydrogens is 788 g/mol. The number of carboxylic acids is 1. The van der Waals surface area contributed by atoms with Crippen LogP contribution in [0, 0.1) is 23.1 Å². The molecule has 13 nitrogen and oxygen atoms in total. The van der Waals surface area contributed by atoms with Gasteiger partial charge in [-0.05, 0) is 96.0 Å².